The molecule has 0 aromatic heterocycles. The van der Waals surface area contributed by atoms with Crippen LogP contribution in [0.5, 0.6) is 5.75 Å². The maximum atomic E-state index is 14.0. The van der Waals surface area contributed by atoms with Gasteiger partial charge in [-0.3, -0.25) is 0 Å². The van der Waals surface area contributed by atoms with Crippen molar-refractivity contribution in [2.24, 2.45) is 0 Å². The molecule has 136 valence electrons. The molecule has 0 aliphatic carbocycles. The normalized spacial score (nSPS) is 21.3. The van der Waals surface area contributed by atoms with Crippen molar-refractivity contribution in [1.29, 1.82) is 0 Å². The van der Waals surface area contributed by atoms with Crippen molar-refractivity contribution in [2.75, 3.05) is 26.8 Å². The molecule has 6 heteroatoms. The molecule has 1 aliphatic rings. The van der Waals surface area contributed by atoms with E-state index >= 15 is 0 Å². The van der Waals surface area contributed by atoms with Gasteiger partial charge in [0.1, 0.15) is 17.2 Å². The summed E-state index contributed by atoms with van der Waals surface area (Å²) in [5.74, 6) is 0.203. The minimum Gasteiger partial charge on any atom is -0.496 e. The third-order valence-electron chi connectivity index (χ3n) is 4.44. The monoisotopic (exact) mass is 367 g/mol. The Bertz CT molecular complexity index is 718. The lowest BCUT2D eigenvalue weighted by Crippen LogP contribution is -2.49. The molecule has 2 N–H and O–H groups in total. The summed E-state index contributed by atoms with van der Waals surface area (Å²) in [6.07, 6.45) is -0.664. The fourth-order valence-corrected chi connectivity index (χ4v) is 3.33. The van der Waals surface area contributed by atoms with Crippen LogP contribution < -0.4 is 10.1 Å². The number of nitrogens with one attached hydrogen (secondary N) is 1. The maximum Gasteiger partial charge on any atom is 0.135 e. The van der Waals surface area contributed by atoms with Gasteiger partial charge in [0.05, 0.1) is 19.8 Å². The fraction of sp³-hybridized carbons (Fsp3) is 0.368. The van der Waals surface area contributed by atoms with Crippen LogP contribution in [0.1, 0.15) is 29.7 Å². The van der Waals surface area contributed by atoms with Gasteiger partial charge in [0.15, 0.2) is 0 Å². The molecular weight excluding hydrogens is 345 g/mol. The van der Waals surface area contributed by atoms with Gasteiger partial charge in [-0.25, -0.2) is 4.39 Å². The zero-order valence-electron chi connectivity index (χ0n) is 14.3. The molecular formula is C19H23ClFNO3. The van der Waals surface area contributed by atoms with Crippen molar-refractivity contribution >= 4 is 12.4 Å². The molecule has 1 saturated heterocycles. The van der Waals surface area contributed by atoms with E-state index in [9.17, 15) is 9.50 Å². The first kappa shape index (κ1) is 19.7. The third-order valence-corrected chi connectivity index (χ3v) is 4.44. The van der Waals surface area contributed by atoms with Crippen LogP contribution in [0.15, 0.2) is 42.5 Å². The number of hydrogen-bond donors (Lipinski definition) is 2. The summed E-state index contributed by atoms with van der Waals surface area (Å²) >= 11 is 0. The Balaban J connectivity index is 0.00000225. The lowest BCUT2D eigenvalue weighted by atomic mass is 9.81. The lowest BCUT2D eigenvalue weighted by molar-refractivity contribution is -0.0434. The zero-order chi connectivity index (χ0) is 17.2. The molecule has 2 aromatic carbocycles. The van der Waals surface area contributed by atoms with Gasteiger partial charge < -0.3 is 19.9 Å². The van der Waals surface area contributed by atoms with Crippen molar-refractivity contribution in [2.45, 2.75) is 18.6 Å². The minimum atomic E-state index is -0.917. The number of aliphatic hydroxyl groups excluding tert-OH is 1. The van der Waals surface area contributed by atoms with Crippen LogP contribution in [-0.4, -0.2) is 31.9 Å². The summed E-state index contributed by atoms with van der Waals surface area (Å²) in [6.45, 7) is 3.38. The van der Waals surface area contributed by atoms with Crippen molar-refractivity contribution in [1.82, 2.24) is 5.32 Å². The highest BCUT2D eigenvalue weighted by molar-refractivity contribution is 5.85. The molecule has 0 spiro atoms. The van der Waals surface area contributed by atoms with Gasteiger partial charge in [0.25, 0.3) is 0 Å². The van der Waals surface area contributed by atoms with Crippen LogP contribution in [0, 0.1) is 5.82 Å². The summed E-state index contributed by atoms with van der Waals surface area (Å²) in [5, 5.41) is 13.5. The van der Waals surface area contributed by atoms with Crippen molar-refractivity contribution < 1.29 is 19.0 Å². The number of rotatable bonds is 4. The van der Waals surface area contributed by atoms with Gasteiger partial charge >= 0.3 is 0 Å². The summed E-state index contributed by atoms with van der Waals surface area (Å²) in [6, 6.07) is 12.0. The third kappa shape index (κ3) is 3.65. The Kier molecular flexibility index (Phi) is 6.41. The summed E-state index contributed by atoms with van der Waals surface area (Å²) in [7, 11) is 1.56. The van der Waals surface area contributed by atoms with E-state index in [0.29, 0.717) is 24.5 Å². The predicted octanol–water partition coefficient (Wildman–Crippen LogP) is 3.17. The van der Waals surface area contributed by atoms with E-state index in [0.717, 1.165) is 17.7 Å². The van der Waals surface area contributed by atoms with E-state index in [-0.39, 0.29) is 18.2 Å². The van der Waals surface area contributed by atoms with Gasteiger partial charge in [0.2, 0.25) is 0 Å². The number of halogens is 2. The minimum absolute atomic E-state index is 0. The SMILES string of the molecule is COc1ccc(F)cc1C1(c2ccccc2C(C)O)CNCCO1.Cl. The first-order valence-corrected chi connectivity index (χ1v) is 8.04. The Morgan fingerprint density at radius 2 is 2.00 bits per heavy atom. The van der Waals surface area contributed by atoms with Crippen LogP contribution in [0.25, 0.3) is 0 Å². The fourth-order valence-electron chi connectivity index (χ4n) is 3.33. The van der Waals surface area contributed by atoms with Crippen molar-refractivity contribution in [3.63, 3.8) is 0 Å². The molecule has 0 saturated carbocycles. The molecule has 3 rings (SSSR count). The molecule has 0 radical (unpaired) electrons. The second kappa shape index (κ2) is 8.15. The molecule has 4 nitrogen and oxygen atoms in total. The van der Waals surface area contributed by atoms with Crippen LogP contribution in [0.2, 0.25) is 0 Å². The van der Waals surface area contributed by atoms with E-state index in [1.54, 1.807) is 20.1 Å². The molecule has 2 unspecified atom stereocenters. The average Bonchev–Trinajstić information content (AvgIpc) is 2.62. The Hall–Kier alpha value is -1.66. The molecule has 25 heavy (non-hydrogen) atoms. The highest BCUT2D eigenvalue weighted by Crippen LogP contribution is 2.42. The molecule has 0 bridgehead atoms. The summed E-state index contributed by atoms with van der Waals surface area (Å²) in [5.41, 5.74) is 1.27. The lowest BCUT2D eigenvalue weighted by Gasteiger charge is -2.40. The topological polar surface area (TPSA) is 50.7 Å². The summed E-state index contributed by atoms with van der Waals surface area (Å²) < 4.78 is 25.7. The Morgan fingerprint density at radius 1 is 1.24 bits per heavy atom. The summed E-state index contributed by atoms with van der Waals surface area (Å²) in [4.78, 5) is 0. The number of hydrogen-bond acceptors (Lipinski definition) is 4. The molecule has 2 aromatic rings. The quantitative estimate of drug-likeness (QED) is 0.871. The molecule has 1 aliphatic heterocycles. The Morgan fingerprint density at radius 3 is 2.64 bits per heavy atom. The van der Waals surface area contributed by atoms with E-state index < -0.39 is 11.7 Å². The highest BCUT2D eigenvalue weighted by Gasteiger charge is 2.41. The van der Waals surface area contributed by atoms with Gasteiger partial charge in [0, 0.05) is 18.7 Å². The van der Waals surface area contributed by atoms with Gasteiger partial charge in [-0.05, 0) is 36.2 Å². The standard InChI is InChI=1S/C19H22FNO3.ClH/c1-13(22)15-5-3-4-6-16(15)19(12-21-9-10-24-19)17-11-14(20)7-8-18(17)23-2;/h3-8,11,13,21-22H,9-10,12H2,1-2H3;1H. The largest absolute Gasteiger partial charge is 0.496 e. The van der Waals surface area contributed by atoms with E-state index in [4.69, 9.17) is 9.47 Å². The van der Waals surface area contributed by atoms with Crippen LogP contribution in [-0.2, 0) is 10.3 Å². The zero-order valence-corrected chi connectivity index (χ0v) is 15.1. The van der Waals surface area contributed by atoms with Crippen LogP contribution in [0.3, 0.4) is 0 Å². The van der Waals surface area contributed by atoms with Gasteiger partial charge in [-0.15, -0.1) is 12.4 Å². The second-order valence-electron chi connectivity index (χ2n) is 5.96. The number of methoxy groups -OCH3 is 1. The van der Waals surface area contributed by atoms with Crippen molar-refractivity contribution in [3.05, 3.63) is 65.0 Å². The van der Waals surface area contributed by atoms with Crippen molar-refractivity contribution in [3.8, 4) is 5.75 Å². The first-order chi connectivity index (χ1) is 11.6. The van der Waals surface area contributed by atoms with Crippen LogP contribution in [0.4, 0.5) is 4.39 Å². The Labute approximate surface area is 153 Å². The first-order valence-electron chi connectivity index (χ1n) is 8.04. The second-order valence-corrected chi connectivity index (χ2v) is 5.96. The molecule has 1 fully saturated rings. The van der Waals surface area contributed by atoms with E-state index in [1.165, 1.54) is 12.1 Å². The smallest absolute Gasteiger partial charge is 0.135 e. The number of ether oxygens (including phenoxy) is 2. The van der Waals surface area contributed by atoms with E-state index in [1.807, 2.05) is 24.3 Å². The maximum absolute atomic E-state index is 14.0. The number of morpholine rings is 1. The highest BCUT2D eigenvalue weighted by atomic mass is 35.5. The molecule has 0 amide bonds. The average molecular weight is 368 g/mol. The van der Waals surface area contributed by atoms with Crippen LogP contribution >= 0.6 is 12.4 Å². The predicted molar refractivity (Wildman–Crippen MR) is 96.9 cm³/mol. The number of aliphatic hydroxyl groups is 1. The molecule has 2 atom stereocenters. The van der Waals surface area contributed by atoms with Gasteiger partial charge in [-0.1, -0.05) is 24.3 Å². The van der Waals surface area contributed by atoms with Gasteiger partial charge in [-0.2, -0.15) is 0 Å². The van der Waals surface area contributed by atoms with E-state index in [2.05, 4.69) is 5.32 Å². The number of benzene rings is 2. The molecule has 1 heterocycles.